The third-order valence-electron chi connectivity index (χ3n) is 7.99. The van der Waals surface area contributed by atoms with Crippen molar-refractivity contribution in [3.8, 4) is 0 Å². The summed E-state index contributed by atoms with van der Waals surface area (Å²) in [5.41, 5.74) is -2.93. The third kappa shape index (κ3) is 1.64. The average molecular weight is 324 g/mol. The number of allylic oxidation sites excluding steroid dienone is 4. The van der Waals surface area contributed by atoms with Crippen molar-refractivity contribution in [2.75, 3.05) is 0 Å². The molecule has 2 nitrogen and oxygen atoms in total. The summed E-state index contributed by atoms with van der Waals surface area (Å²) in [6, 6.07) is 0. The van der Waals surface area contributed by atoms with Gasteiger partial charge in [0.15, 0.2) is 6.17 Å². The van der Waals surface area contributed by atoms with Crippen molar-refractivity contribution in [1.82, 2.24) is 0 Å². The zero-order chi connectivity index (χ0) is 16.7. The molecule has 7 atom stereocenters. The minimum absolute atomic E-state index is 0.0557. The number of hydrogen-bond acceptors (Lipinski definition) is 2. The van der Waals surface area contributed by atoms with Crippen LogP contribution in [0.4, 0.5) is 8.78 Å². The van der Waals surface area contributed by atoms with Crippen molar-refractivity contribution in [3.63, 3.8) is 0 Å². The van der Waals surface area contributed by atoms with Gasteiger partial charge < -0.3 is 10.2 Å². The van der Waals surface area contributed by atoms with Gasteiger partial charge in [-0.05, 0) is 49.9 Å². The van der Waals surface area contributed by atoms with E-state index in [1.54, 1.807) is 6.92 Å². The number of fused-ring (bicyclic) bond motifs is 5. The van der Waals surface area contributed by atoms with Crippen LogP contribution in [0.1, 0.15) is 46.0 Å². The molecule has 4 rings (SSSR count). The van der Waals surface area contributed by atoms with Crippen molar-refractivity contribution < 1.29 is 19.0 Å². The molecule has 0 saturated heterocycles. The minimum Gasteiger partial charge on any atom is -0.363 e. The van der Waals surface area contributed by atoms with Crippen LogP contribution in [-0.4, -0.2) is 27.8 Å². The van der Waals surface area contributed by atoms with Gasteiger partial charge in [-0.15, -0.1) is 0 Å². The van der Waals surface area contributed by atoms with E-state index in [2.05, 4.69) is 6.08 Å². The molecular weight excluding hydrogens is 298 g/mol. The monoisotopic (exact) mass is 324 g/mol. The van der Waals surface area contributed by atoms with Gasteiger partial charge in [-0.1, -0.05) is 38.2 Å². The van der Waals surface area contributed by atoms with E-state index in [4.69, 9.17) is 0 Å². The topological polar surface area (TPSA) is 40.5 Å². The maximum absolute atomic E-state index is 16.4. The quantitative estimate of drug-likeness (QED) is 0.667. The molecule has 3 fully saturated rings. The van der Waals surface area contributed by atoms with Crippen LogP contribution in [0, 0.1) is 28.6 Å². The van der Waals surface area contributed by atoms with Crippen molar-refractivity contribution in [3.05, 3.63) is 24.3 Å². The van der Waals surface area contributed by atoms with Crippen LogP contribution in [0.25, 0.3) is 0 Å². The Labute approximate surface area is 136 Å². The molecule has 23 heavy (non-hydrogen) atoms. The largest absolute Gasteiger partial charge is 0.363 e. The molecule has 0 aromatic carbocycles. The summed E-state index contributed by atoms with van der Waals surface area (Å²) >= 11 is 0. The Morgan fingerprint density at radius 1 is 1.04 bits per heavy atom. The Balaban J connectivity index is 1.77. The highest BCUT2D eigenvalue weighted by molar-refractivity contribution is 5.29. The normalized spacial score (nSPS) is 56.8. The van der Waals surface area contributed by atoms with E-state index in [1.165, 1.54) is 0 Å². The number of aliphatic hydroxyl groups is 2. The number of halogens is 2. The molecule has 0 aromatic rings. The average Bonchev–Trinajstić information content (AvgIpc) is 2.68. The predicted octanol–water partition coefficient (Wildman–Crippen LogP) is 3.69. The smallest absolute Gasteiger partial charge is 0.200 e. The lowest BCUT2D eigenvalue weighted by atomic mass is 9.45. The highest BCUT2D eigenvalue weighted by atomic mass is 19.1. The van der Waals surface area contributed by atoms with Crippen LogP contribution in [0.5, 0.6) is 0 Å². The fourth-order valence-corrected chi connectivity index (χ4v) is 6.28. The van der Waals surface area contributed by atoms with Crippen LogP contribution >= 0.6 is 0 Å². The van der Waals surface area contributed by atoms with Gasteiger partial charge in [0.25, 0.3) is 0 Å². The minimum atomic E-state index is -2.33. The molecule has 2 unspecified atom stereocenters. The van der Waals surface area contributed by atoms with Gasteiger partial charge in [-0.2, -0.15) is 0 Å². The molecule has 0 aliphatic heterocycles. The van der Waals surface area contributed by atoms with Crippen LogP contribution < -0.4 is 0 Å². The van der Waals surface area contributed by atoms with E-state index in [-0.39, 0.29) is 30.6 Å². The van der Waals surface area contributed by atoms with Crippen molar-refractivity contribution in [2.24, 2.45) is 28.6 Å². The van der Waals surface area contributed by atoms with E-state index >= 15 is 4.39 Å². The molecule has 4 aliphatic carbocycles. The van der Waals surface area contributed by atoms with Gasteiger partial charge in [0.05, 0.1) is 0 Å². The molecule has 0 spiro atoms. The van der Waals surface area contributed by atoms with Gasteiger partial charge in [0.2, 0.25) is 5.79 Å². The lowest BCUT2D eigenvalue weighted by molar-refractivity contribution is -0.277. The Morgan fingerprint density at radius 3 is 2.52 bits per heavy atom. The Bertz CT molecular complexity index is 586. The first kappa shape index (κ1) is 15.8. The van der Waals surface area contributed by atoms with Crippen LogP contribution in [-0.2, 0) is 0 Å². The Morgan fingerprint density at radius 2 is 1.78 bits per heavy atom. The third-order valence-corrected chi connectivity index (χ3v) is 7.99. The standard InChI is InChI=1S/C19H26F2O2/c1-16-8-4-3-5-12(16)6-7-13-14-11-15(20)19(22,23)17(14,2)9-10-18(13,16)21/h3-5,8,12-15,22-23H,6-7,9-11H2,1-2H3/t12?,13-,14-,15?,16-,17-,18-/m0/s1. The molecule has 4 aliphatic rings. The number of alkyl halides is 2. The van der Waals surface area contributed by atoms with Gasteiger partial charge in [-0.3, -0.25) is 0 Å². The Hall–Kier alpha value is -0.740. The molecule has 4 heteroatoms. The SMILES string of the molecule is C[C@]12CC[C@]3(F)[C@@H](CCC4C=CC=C[C@@]43C)[C@@H]1CC(F)C2(O)O. The molecule has 128 valence electrons. The fraction of sp³-hybridized carbons (Fsp3) is 0.789. The van der Waals surface area contributed by atoms with Crippen molar-refractivity contribution >= 4 is 0 Å². The first-order valence-corrected chi connectivity index (χ1v) is 8.80. The first-order chi connectivity index (χ1) is 10.7. The second kappa shape index (κ2) is 4.45. The lowest BCUT2D eigenvalue weighted by Crippen LogP contribution is -2.63. The number of rotatable bonds is 0. The zero-order valence-corrected chi connectivity index (χ0v) is 13.8. The maximum atomic E-state index is 16.4. The van der Waals surface area contributed by atoms with Gasteiger partial charge >= 0.3 is 0 Å². The zero-order valence-electron chi connectivity index (χ0n) is 13.8. The van der Waals surface area contributed by atoms with Crippen LogP contribution in [0.15, 0.2) is 24.3 Å². The van der Waals surface area contributed by atoms with Crippen molar-refractivity contribution in [2.45, 2.75) is 63.6 Å². The highest BCUT2D eigenvalue weighted by Gasteiger charge is 2.72. The molecule has 0 heterocycles. The predicted molar refractivity (Wildman–Crippen MR) is 84.0 cm³/mol. The summed E-state index contributed by atoms with van der Waals surface area (Å²) in [7, 11) is 0. The van der Waals surface area contributed by atoms with Gasteiger partial charge in [-0.25, -0.2) is 8.78 Å². The molecule has 0 amide bonds. The molecule has 0 bridgehead atoms. The second-order valence-corrected chi connectivity index (χ2v) is 8.63. The van der Waals surface area contributed by atoms with E-state index in [9.17, 15) is 14.6 Å². The summed E-state index contributed by atoms with van der Waals surface area (Å²) < 4.78 is 30.7. The summed E-state index contributed by atoms with van der Waals surface area (Å²) in [4.78, 5) is 0. The van der Waals surface area contributed by atoms with Crippen LogP contribution in [0.3, 0.4) is 0 Å². The molecule has 2 N–H and O–H groups in total. The molecule has 0 radical (unpaired) electrons. The van der Waals surface area contributed by atoms with Crippen molar-refractivity contribution in [1.29, 1.82) is 0 Å². The van der Waals surface area contributed by atoms with E-state index in [0.29, 0.717) is 12.8 Å². The molecule has 3 saturated carbocycles. The van der Waals surface area contributed by atoms with E-state index < -0.39 is 28.5 Å². The van der Waals surface area contributed by atoms with Crippen LogP contribution in [0.2, 0.25) is 0 Å². The summed E-state index contributed by atoms with van der Waals surface area (Å²) in [5, 5.41) is 20.6. The summed E-state index contributed by atoms with van der Waals surface area (Å²) in [6.45, 7) is 3.72. The van der Waals surface area contributed by atoms with E-state index in [1.807, 2.05) is 25.2 Å². The van der Waals surface area contributed by atoms with Gasteiger partial charge in [0, 0.05) is 10.8 Å². The van der Waals surface area contributed by atoms with E-state index in [0.717, 1.165) is 6.42 Å². The molecule has 0 aromatic heterocycles. The lowest BCUT2D eigenvalue weighted by Gasteiger charge is -2.61. The highest BCUT2D eigenvalue weighted by Crippen LogP contribution is 2.69. The molecular formula is C19H26F2O2. The fourth-order valence-electron chi connectivity index (χ4n) is 6.28. The maximum Gasteiger partial charge on any atom is 0.200 e. The Kier molecular flexibility index (Phi) is 3.05. The second-order valence-electron chi connectivity index (χ2n) is 8.63. The first-order valence-electron chi connectivity index (χ1n) is 8.80. The summed E-state index contributed by atoms with van der Waals surface area (Å²) in [6.07, 6.45) is 8.51. The summed E-state index contributed by atoms with van der Waals surface area (Å²) in [5.74, 6) is -2.78. The van der Waals surface area contributed by atoms with Gasteiger partial charge in [0.1, 0.15) is 5.67 Å². The number of hydrogen-bond donors (Lipinski definition) is 2.